The lowest BCUT2D eigenvalue weighted by Gasteiger charge is -2.34. The van der Waals surface area contributed by atoms with E-state index in [0.29, 0.717) is 24.1 Å². The highest BCUT2D eigenvalue weighted by Crippen LogP contribution is 2.35. The van der Waals surface area contributed by atoms with E-state index in [2.05, 4.69) is 23.0 Å². The fraction of sp³-hybridized carbons (Fsp3) is 0.409. The van der Waals surface area contributed by atoms with E-state index in [9.17, 15) is 4.79 Å². The molecule has 1 saturated carbocycles. The molecule has 5 heteroatoms. The maximum Gasteiger partial charge on any atom is 0.417 e. The average molecular weight is 366 g/mol. The summed E-state index contributed by atoms with van der Waals surface area (Å²) < 4.78 is 11.0. The lowest BCUT2D eigenvalue weighted by Crippen LogP contribution is -2.37. The smallest absolute Gasteiger partial charge is 0.417 e. The van der Waals surface area contributed by atoms with Crippen molar-refractivity contribution in [2.24, 2.45) is 0 Å². The molecule has 0 spiro atoms. The summed E-state index contributed by atoms with van der Waals surface area (Å²) in [5, 5.41) is 0. The van der Waals surface area contributed by atoms with Crippen molar-refractivity contribution < 1.29 is 9.15 Å². The van der Waals surface area contributed by atoms with Gasteiger partial charge in [0.1, 0.15) is 12.4 Å². The minimum Gasteiger partial charge on any atom is -0.492 e. The van der Waals surface area contributed by atoms with Gasteiger partial charge in [-0.05, 0) is 68.5 Å². The van der Waals surface area contributed by atoms with E-state index in [1.807, 2.05) is 42.5 Å². The Kier molecular flexibility index (Phi) is 5.30. The number of hydrogen-bond donors (Lipinski definition) is 1. The standard InChI is InChI=1S/C22H26N2O3/c1-24(13-14-26-19-5-3-2-4-6-19)18-10-7-16(8-11-18)17-9-12-20-21(15-17)27-22(25)23-20/h2-6,9,12,15-16,18H,7-8,10-11,13-14H2,1H3,(H,23,25). The summed E-state index contributed by atoms with van der Waals surface area (Å²) in [7, 11) is 2.19. The fourth-order valence-corrected chi connectivity index (χ4v) is 4.07. The first-order valence-corrected chi connectivity index (χ1v) is 9.70. The molecule has 0 bridgehead atoms. The van der Waals surface area contributed by atoms with Gasteiger partial charge < -0.3 is 14.1 Å². The molecule has 0 saturated heterocycles. The fourth-order valence-electron chi connectivity index (χ4n) is 4.07. The Bertz CT molecular complexity index is 923. The minimum atomic E-state index is -0.384. The lowest BCUT2D eigenvalue weighted by molar-refractivity contribution is 0.154. The third kappa shape index (κ3) is 4.25. The molecule has 1 fully saturated rings. The van der Waals surface area contributed by atoms with E-state index < -0.39 is 0 Å². The van der Waals surface area contributed by atoms with Crippen molar-refractivity contribution in [1.82, 2.24) is 9.88 Å². The van der Waals surface area contributed by atoms with Gasteiger partial charge in [0.25, 0.3) is 0 Å². The Morgan fingerprint density at radius 2 is 1.89 bits per heavy atom. The van der Waals surface area contributed by atoms with Gasteiger partial charge in [0.05, 0.1) is 5.52 Å². The Morgan fingerprint density at radius 1 is 1.11 bits per heavy atom. The second kappa shape index (κ2) is 8.01. The third-order valence-corrected chi connectivity index (χ3v) is 5.69. The van der Waals surface area contributed by atoms with Crippen molar-refractivity contribution in [3.8, 4) is 5.75 Å². The zero-order chi connectivity index (χ0) is 18.6. The summed E-state index contributed by atoms with van der Waals surface area (Å²) in [4.78, 5) is 16.5. The van der Waals surface area contributed by atoms with Gasteiger partial charge in [-0.3, -0.25) is 4.98 Å². The molecule has 142 valence electrons. The van der Waals surface area contributed by atoms with Gasteiger partial charge in [-0.2, -0.15) is 0 Å². The van der Waals surface area contributed by atoms with Crippen molar-refractivity contribution in [3.63, 3.8) is 0 Å². The number of benzene rings is 2. The molecule has 1 aromatic heterocycles. The van der Waals surface area contributed by atoms with Crippen LogP contribution in [0.4, 0.5) is 0 Å². The highest BCUT2D eigenvalue weighted by molar-refractivity contribution is 5.72. The van der Waals surface area contributed by atoms with Gasteiger partial charge >= 0.3 is 5.76 Å². The number of aromatic amines is 1. The maximum absolute atomic E-state index is 11.3. The van der Waals surface area contributed by atoms with E-state index >= 15 is 0 Å². The van der Waals surface area contributed by atoms with Gasteiger partial charge in [0.2, 0.25) is 0 Å². The molecule has 1 aliphatic carbocycles. The highest BCUT2D eigenvalue weighted by atomic mass is 16.5. The zero-order valence-corrected chi connectivity index (χ0v) is 15.7. The number of nitrogens with zero attached hydrogens (tertiary/aromatic N) is 1. The van der Waals surface area contributed by atoms with E-state index in [1.54, 1.807) is 0 Å². The third-order valence-electron chi connectivity index (χ3n) is 5.69. The van der Waals surface area contributed by atoms with Crippen LogP contribution in [0.5, 0.6) is 5.75 Å². The van der Waals surface area contributed by atoms with Crippen molar-refractivity contribution >= 4 is 11.1 Å². The number of ether oxygens (including phenoxy) is 1. The number of rotatable bonds is 6. The van der Waals surface area contributed by atoms with E-state index in [0.717, 1.165) is 30.7 Å². The maximum atomic E-state index is 11.3. The van der Waals surface area contributed by atoms with E-state index in [-0.39, 0.29) is 5.76 Å². The van der Waals surface area contributed by atoms with Gasteiger partial charge in [-0.15, -0.1) is 0 Å². The molecule has 27 heavy (non-hydrogen) atoms. The normalized spacial score (nSPS) is 20.2. The van der Waals surface area contributed by atoms with Crippen molar-refractivity contribution in [2.75, 3.05) is 20.2 Å². The molecule has 5 nitrogen and oxygen atoms in total. The monoisotopic (exact) mass is 366 g/mol. The molecule has 0 unspecified atom stereocenters. The Balaban J connectivity index is 1.28. The van der Waals surface area contributed by atoms with Crippen LogP contribution in [0.2, 0.25) is 0 Å². The van der Waals surface area contributed by atoms with Crippen LogP contribution >= 0.6 is 0 Å². The molecule has 0 amide bonds. The summed E-state index contributed by atoms with van der Waals surface area (Å²) in [6.45, 7) is 1.65. The van der Waals surface area contributed by atoms with Gasteiger partial charge in [-0.1, -0.05) is 24.3 Å². The van der Waals surface area contributed by atoms with Crippen LogP contribution < -0.4 is 10.5 Å². The SMILES string of the molecule is CN(CCOc1ccccc1)C1CCC(c2ccc3[nH]c(=O)oc3c2)CC1. The quantitative estimate of drug-likeness (QED) is 0.712. The van der Waals surface area contributed by atoms with Crippen LogP contribution in [0, 0.1) is 0 Å². The number of aromatic nitrogens is 1. The summed E-state index contributed by atoms with van der Waals surface area (Å²) in [5.74, 6) is 1.09. The molecular formula is C22H26N2O3. The van der Waals surface area contributed by atoms with Gasteiger partial charge in [-0.25, -0.2) is 4.79 Å². The molecule has 4 rings (SSSR count). The van der Waals surface area contributed by atoms with Crippen LogP contribution in [-0.2, 0) is 0 Å². The largest absolute Gasteiger partial charge is 0.492 e. The van der Waals surface area contributed by atoms with Crippen LogP contribution in [-0.4, -0.2) is 36.1 Å². The summed E-state index contributed by atoms with van der Waals surface area (Å²) in [6, 6.07) is 16.7. The molecule has 0 aliphatic heterocycles. The Labute approximate surface area is 158 Å². The van der Waals surface area contributed by atoms with Crippen molar-refractivity contribution in [3.05, 3.63) is 64.6 Å². The van der Waals surface area contributed by atoms with Gasteiger partial charge in [0, 0.05) is 12.6 Å². The second-order valence-corrected chi connectivity index (χ2v) is 7.42. The van der Waals surface area contributed by atoms with Crippen molar-refractivity contribution in [2.45, 2.75) is 37.6 Å². The van der Waals surface area contributed by atoms with Gasteiger partial charge in [0.15, 0.2) is 5.58 Å². The van der Waals surface area contributed by atoms with E-state index in [1.165, 1.54) is 18.4 Å². The van der Waals surface area contributed by atoms with Crippen molar-refractivity contribution in [1.29, 1.82) is 0 Å². The zero-order valence-electron chi connectivity index (χ0n) is 15.7. The topological polar surface area (TPSA) is 58.5 Å². The van der Waals surface area contributed by atoms with Crippen LogP contribution in [0.3, 0.4) is 0 Å². The number of oxazole rings is 1. The second-order valence-electron chi connectivity index (χ2n) is 7.42. The molecule has 3 aromatic rings. The number of nitrogens with one attached hydrogen (secondary N) is 1. The van der Waals surface area contributed by atoms with Crippen LogP contribution in [0.15, 0.2) is 57.7 Å². The number of hydrogen-bond acceptors (Lipinski definition) is 4. The molecule has 1 N–H and O–H groups in total. The molecule has 1 heterocycles. The molecule has 2 aromatic carbocycles. The number of H-pyrrole nitrogens is 1. The molecule has 1 aliphatic rings. The van der Waals surface area contributed by atoms with E-state index in [4.69, 9.17) is 9.15 Å². The Hall–Kier alpha value is -2.53. The number of para-hydroxylation sites is 1. The van der Waals surface area contributed by atoms with Crippen LogP contribution in [0.1, 0.15) is 37.2 Å². The molecule has 0 atom stereocenters. The first-order chi connectivity index (χ1) is 13.2. The first kappa shape index (κ1) is 17.9. The highest BCUT2D eigenvalue weighted by Gasteiger charge is 2.25. The first-order valence-electron chi connectivity index (χ1n) is 9.70. The summed E-state index contributed by atoms with van der Waals surface area (Å²) in [5.41, 5.74) is 2.71. The predicted octanol–water partition coefficient (Wildman–Crippen LogP) is 4.16. The molecule has 0 radical (unpaired) electrons. The average Bonchev–Trinajstić information content (AvgIpc) is 3.08. The Morgan fingerprint density at radius 3 is 2.67 bits per heavy atom. The molecular weight excluding hydrogens is 340 g/mol. The summed E-state index contributed by atoms with van der Waals surface area (Å²) in [6.07, 6.45) is 4.69. The number of likely N-dealkylation sites (N-methyl/N-ethyl adjacent to an activating group) is 1. The lowest BCUT2D eigenvalue weighted by atomic mass is 9.81. The summed E-state index contributed by atoms with van der Waals surface area (Å²) >= 11 is 0. The minimum absolute atomic E-state index is 0.384. The van der Waals surface area contributed by atoms with Crippen LogP contribution in [0.25, 0.3) is 11.1 Å². The number of fused-ring (bicyclic) bond motifs is 1. The predicted molar refractivity (Wildman–Crippen MR) is 106 cm³/mol.